The van der Waals surface area contributed by atoms with Crippen molar-refractivity contribution in [3.8, 4) is 0 Å². The number of likely N-dealkylation sites (tertiary alicyclic amines) is 1. The fraction of sp³-hybridized carbons (Fsp3) is 0.679. The van der Waals surface area contributed by atoms with E-state index in [1.165, 1.54) is 24.0 Å². The Hall–Kier alpha value is -2.21. The van der Waals surface area contributed by atoms with Gasteiger partial charge in [0.1, 0.15) is 0 Å². The van der Waals surface area contributed by atoms with Crippen molar-refractivity contribution in [2.75, 3.05) is 32.7 Å². The molecule has 2 atom stereocenters. The Morgan fingerprint density at radius 3 is 2.09 bits per heavy atom. The maximum atomic E-state index is 12.6. The summed E-state index contributed by atoms with van der Waals surface area (Å²) in [6, 6.07) is 8.76. The van der Waals surface area contributed by atoms with E-state index in [2.05, 4.69) is 49.9 Å². The topological polar surface area (TPSA) is 60.9 Å². The Morgan fingerprint density at radius 2 is 1.56 bits per heavy atom. The molecule has 0 aromatic heterocycles. The largest absolute Gasteiger partial charge is 0.340 e. The Kier molecular flexibility index (Phi) is 10.1. The van der Waals surface area contributed by atoms with Gasteiger partial charge in [-0.15, -0.1) is 0 Å². The van der Waals surface area contributed by atoms with E-state index in [1.807, 2.05) is 9.80 Å². The van der Waals surface area contributed by atoms with Crippen LogP contribution in [0, 0.1) is 19.8 Å². The minimum Gasteiger partial charge on any atom is -0.340 e. The number of benzene rings is 1. The Balaban J connectivity index is 0.000000343. The van der Waals surface area contributed by atoms with Crippen LogP contribution in [-0.2, 0) is 14.4 Å². The number of carbonyl (C=O) groups excluding carboxylic acids is 3. The molecule has 6 heteroatoms. The lowest BCUT2D eigenvalue weighted by atomic mass is 9.90. The van der Waals surface area contributed by atoms with Gasteiger partial charge in [0.05, 0.1) is 0 Å². The van der Waals surface area contributed by atoms with Crippen LogP contribution < -0.4 is 0 Å². The molecule has 2 saturated heterocycles. The van der Waals surface area contributed by atoms with Crippen LogP contribution in [0.25, 0.3) is 0 Å². The second kappa shape index (κ2) is 13.0. The number of rotatable bonds is 7. The van der Waals surface area contributed by atoms with Gasteiger partial charge in [0.15, 0.2) is 0 Å². The van der Waals surface area contributed by atoms with Crippen LogP contribution in [0.5, 0.6) is 0 Å². The number of hydrogen-bond acceptors (Lipinski definition) is 4. The Labute approximate surface area is 205 Å². The lowest BCUT2D eigenvalue weighted by Crippen LogP contribution is -2.52. The normalized spacial score (nSPS) is 23.1. The first-order valence-electron chi connectivity index (χ1n) is 13.2. The quantitative estimate of drug-likeness (QED) is 0.448. The highest BCUT2D eigenvalue weighted by Crippen LogP contribution is 2.41. The molecule has 3 fully saturated rings. The van der Waals surface area contributed by atoms with E-state index in [0.717, 1.165) is 58.4 Å². The number of amides is 2. The van der Waals surface area contributed by atoms with Crippen molar-refractivity contribution in [1.82, 2.24) is 14.7 Å². The van der Waals surface area contributed by atoms with Gasteiger partial charge in [-0.05, 0) is 71.3 Å². The van der Waals surface area contributed by atoms with E-state index in [1.54, 1.807) is 0 Å². The maximum Gasteiger partial charge on any atom is 0.287 e. The number of piperidine rings is 1. The van der Waals surface area contributed by atoms with Crippen LogP contribution in [0.3, 0.4) is 0 Å². The molecule has 4 rings (SSSR count). The first-order chi connectivity index (χ1) is 16.4. The number of aryl methyl sites for hydroxylation is 2. The third-order valence-corrected chi connectivity index (χ3v) is 7.48. The third-order valence-electron chi connectivity index (χ3n) is 7.48. The van der Waals surface area contributed by atoms with Gasteiger partial charge in [-0.3, -0.25) is 19.3 Å². The van der Waals surface area contributed by atoms with Gasteiger partial charge in [-0.25, -0.2) is 0 Å². The predicted molar refractivity (Wildman–Crippen MR) is 136 cm³/mol. The molecule has 0 radical (unpaired) electrons. The number of carbonyl (C=O) groups is 3. The summed E-state index contributed by atoms with van der Waals surface area (Å²) < 4.78 is 0. The Bertz CT molecular complexity index is 777. The van der Waals surface area contributed by atoms with Gasteiger partial charge in [0.25, 0.3) is 5.91 Å². The minimum absolute atomic E-state index is 0.0531. The molecular weight excluding hydrogens is 426 g/mol. The molecule has 2 aliphatic heterocycles. The van der Waals surface area contributed by atoms with Gasteiger partial charge in [0.2, 0.25) is 12.2 Å². The highest BCUT2D eigenvalue weighted by atomic mass is 16.2. The lowest BCUT2D eigenvalue weighted by Gasteiger charge is -2.42. The fourth-order valence-electron chi connectivity index (χ4n) is 5.37. The molecule has 1 aliphatic carbocycles. The smallest absolute Gasteiger partial charge is 0.287 e. The van der Waals surface area contributed by atoms with Crippen molar-refractivity contribution < 1.29 is 14.4 Å². The monoisotopic (exact) mass is 469 g/mol. The summed E-state index contributed by atoms with van der Waals surface area (Å²) in [5.41, 5.74) is 2.66. The van der Waals surface area contributed by atoms with Gasteiger partial charge < -0.3 is 9.80 Å². The summed E-state index contributed by atoms with van der Waals surface area (Å²) in [6.07, 6.45) is 8.14. The molecule has 1 saturated carbocycles. The molecule has 0 spiro atoms. The van der Waals surface area contributed by atoms with Crippen LogP contribution in [0.4, 0.5) is 0 Å². The van der Waals surface area contributed by atoms with Crippen LogP contribution in [0.1, 0.15) is 69.4 Å². The predicted octanol–water partition coefficient (Wildman–Crippen LogP) is 3.98. The van der Waals surface area contributed by atoms with Gasteiger partial charge in [-0.2, -0.15) is 0 Å². The lowest BCUT2D eigenvalue weighted by molar-refractivity contribution is -0.145. The molecule has 188 valence electrons. The first-order valence-corrected chi connectivity index (χ1v) is 13.2. The van der Waals surface area contributed by atoms with Crippen LogP contribution in [-0.4, -0.2) is 77.6 Å². The standard InChI is InChI=1S/C20H33N3O3.C8H10/c1-2-10-21-11-13-22(14-12-21)19(25)9-8-17-4-3-5-18(16-6-7-16)23(17)20(26)15-24;1-7-3-5-8(2)6-4-7/h15-18H,2-14H2,1H3;3-6H,1-2H3. The first kappa shape index (κ1) is 26.4. The zero-order chi connectivity index (χ0) is 24.5. The molecule has 6 nitrogen and oxygen atoms in total. The van der Waals surface area contributed by atoms with E-state index in [9.17, 15) is 14.4 Å². The molecule has 34 heavy (non-hydrogen) atoms. The van der Waals surface area contributed by atoms with Crippen molar-refractivity contribution in [3.63, 3.8) is 0 Å². The van der Waals surface area contributed by atoms with Crippen molar-refractivity contribution in [2.24, 2.45) is 5.92 Å². The van der Waals surface area contributed by atoms with Crippen LogP contribution in [0.2, 0.25) is 0 Å². The van der Waals surface area contributed by atoms with E-state index in [4.69, 9.17) is 0 Å². The minimum atomic E-state index is -0.382. The van der Waals surface area contributed by atoms with Crippen molar-refractivity contribution >= 4 is 18.1 Å². The summed E-state index contributed by atoms with van der Waals surface area (Å²) in [6.45, 7) is 11.0. The molecule has 2 heterocycles. The summed E-state index contributed by atoms with van der Waals surface area (Å²) in [5.74, 6) is 0.393. The summed E-state index contributed by atoms with van der Waals surface area (Å²) in [4.78, 5) is 42.2. The molecular formula is C28H43N3O3. The summed E-state index contributed by atoms with van der Waals surface area (Å²) in [5, 5.41) is 0. The SMILES string of the molecule is CCCN1CCN(C(=O)CCC2CCCC(C3CC3)N2C(=O)C=O)CC1.Cc1ccc(C)cc1. The molecule has 2 unspecified atom stereocenters. The number of aldehydes is 1. The zero-order valence-electron chi connectivity index (χ0n) is 21.4. The number of nitrogens with zero attached hydrogens (tertiary/aromatic N) is 3. The highest BCUT2D eigenvalue weighted by molar-refractivity contribution is 6.23. The second-order valence-electron chi connectivity index (χ2n) is 10.3. The fourth-order valence-corrected chi connectivity index (χ4v) is 5.37. The molecule has 1 aromatic carbocycles. The van der Waals surface area contributed by atoms with Gasteiger partial charge in [-0.1, -0.05) is 42.3 Å². The average molecular weight is 470 g/mol. The maximum absolute atomic E-state index is 12.6. The van der Waals surface area contributed by atoms with E-state index in [-0.39, 0.29) is 23.9 Å². The van der Waals surface area contributed by atoms with Gasteiger partial charge >= 0.3 is 0 Å². The molecule has 2 amide bonds. The van der Waals surface area contributed by atoms with Crippen LogP contribution >= 0.6 is 0 Å². The highest BCUT2D eigenvalue weighted by Gasteiger charge is 2.42. The third kappa shape index (κ3) is 7.66. The number of piperazine rings is 1. The summed E-state index contributed by atoms with van der Waals surface area (Å²) in [7, 11) is 0. The summed E-state index contributed by atoms with van der Waals surface area (Å²) >= 11 is 0. The molecule has 3 aliphatic rings. The van der Waals surface area contributed by atoms with E-state index >= 15 is 0 Å². The number of hydrogen-bond donors (Lipinski definition) is 0. The molecule has 0 bridgehead atoms. The van der Waals surface area contributed by atoms with Crippen molar-refractivity contribution in [2.45, 2.75) is 84.2 Å². The van der Waals surface area contributed by atoms with E-state index in [0.29, 0.717) is 25.0 Å². The average Bonchev–Trinajstić information content (AvgIpc) is 3.70. The van der Waals surface area contributed by atoms with Crippen molar-refractivity contribution in [1.29, 1.82) is 0 Å². The zero-order valence-corrected chi connectivity index (χ0v) is 21.4. The van der Waals surface area contributed by atoms with Crippen LogP contribution in [0.15, 0.2) is 24.3 Å². The second-order valence-corrected chi connectivity index (χ2v) is 10.3. The molecule has 1 aromatic rings. The Morgan fingerprint density at radius 1 is 0.941 bits per heavy atom. The van der Waals surface area contributed by atoms with Gasteiger partial charge in [0, 0.05) is 44.7 Å². The molecule has 0 N–H and O–H groups in total. The van der Waals surface area contributed by atoms with Crippen molar-refractivity contribution in [3.05, 3.63) is 35.4 Å². The van der Waals surface area contributed by atoms with E-state index < -0.39 is 0 Å².